The molecule has 0 fully saturated rings. The van der Waals surface area contributed by atoms with Gasteiger partial charge in [-0.25, -0.2) is 0 Å². The van der Waals surface area contributed by atoms with E-state index >= 15 is 0 Å². The molecule has 0 aliphatic carbocycles. The van der Waals surface area contributed by atoms with Crippen molar-refractivity contribution < 1.29 is 42.1 Å². The first-order valence-corrected chi connectivity index (χ1v) is 23.5. The van der Waals surface area contributed by atoms with Crippen molar-refractivity contribution in [2.75, 3.05) is 47.5 Å². The summed E-state index contributed by atoms with van der Waals surface area (Å²) < 4.78 is 33.8. The fourth-order valence-corrected chi connectivity index (χ4v) is 6.25. The fourth-order valence-electron chi connectivity index (χ4n) is 5.52. The number of esters is 2. The maximum Gasteiger partial charge on any atom is 0.306 e. The second-order valence-corrected chi connectivity index (χ2v) is 17.1. The quantitative estimate of drug-likeness (QED) is 0.0198. The number of rotatable bonds is 39. The molecule has 56 heavy (non-hydrogen) atoms. The van der Waals surface area contributed by atoms with E-state index in [9.17, 15) is 19.0 Å². The predicted octanol–water partition coefficient (Wildman–Crippen LogP) is 11.8. The second kappa shape index (κ2) is 38.2. The fraction of sp³-hybridized carbons (Fsp3) is 0.739. The summed E-state index contributed by atoms with van der Waals surface area (Å²) in [7, 11) is 1.11. The van der Waals surface area contributed by atoms with Crippen molar-refractivity contribution in [2.45, 2.75) is 174 Å². The van der Waals surface area contributed by atoms with Crippen LogP contribution in [0.4, 0.5) is 0 Å². The second-order valence-electron chi connectivity index (χ2n) is 15.7. The van der Waals surface area contributed by atoms with Gasteiger partial charge < -0.3 is 27.9 Å². The van der Waals surface area contributed by atoms with Gasteiger partial charge in [0.2, 0.25) is 0 Å². The van der Waals surface area contributed by atoms with Crippen LogP contribution >= 0.6 is 7.82 Å². The molecule has 0 saturated carbocycles. The number of unbranched alkanes of at least 4 members (excludes halogenated alkanes) is 15. The third-order valence-electron chi connectivity index (χ3n) is 9.01. The van der Waals surface area contributed by atoms with Crippen LogP contribution in [0.2, 0.25) is 0 Å². The van der Waals surface area contributed by atoms with E-state index in [1.54, 1.807) is 0 Å². The van der Waals surface area contributed by atoms with Crippen LogP contribution in [0.25, 0.3) is 0 Å². The first-order chi connectivity index (χ1) is 27.0. The lowest BCUT2D eigenvalue weighted by molar-refractivity contribution is -0.870. The molecule has 0 heterocycles. The minimum absolute atomic E-state index is 0.0465. The summed E-state index contributed by atoms with van der Waals surface area (Å²) in [6.07, 6.45) is 45.5. The third-order valence-corrected chi connectivity index (χ3v) is 9.97. The first kappa shape index (κ1) is 53.7. The number of carbonyl (C=O) groups is 2. The molecule has 10 heteroatoms. The summed E-state index contributed by atoms with van der Waals surface area (Å²) in [5.41, 5.74) is 0. The highest BCUT2D eigenvalue weighted by Gasteiger charge is 2.21. The van der Waals surface area contributed by atoms with E-state index in [0.717, 1.165) is 51.4 Å². The highest BCUT2D eigenvalue weighted by atomic mass is 31.2. The summed E-state index contributed by atoms with van der Waals surface area (Å²) in [6.45, 7) is 4.09. The number of nitrogens with zero attached hydrogens (tertiary/aromatic N) is 1. The van der Waals surface area contributed by atoms with E-state index in [1.807, 2.05) is 21.1 Å². The summed E-state index contributed by atoms with van der Waals surface area (Å²) in [4.78, 5) is 37.5. The van der Waals surface area contributed by atoms with Crippen molar-refractivity contribution in [2.24, 2.45) is 0 Å². The van der Waals surface area contributed by atoms with Gasteiger partial charge in [-0.3, -0.25) is 14.2 Å². The lowest BCUT2D eigenvalue weighted by Gasteiger charge is -2.28. The minimum atomic E-state index is -4.65. The van der Waals surface area contributed by atoms with Crippen LogP contribution in [0.1, 0.15) is 168 Å². The Morgan fingerprint density at radius 2 is 0.982 bits per heavy atom. The van der Waals surface area contributed by atoms with E-state index in [2.05, 4.69) is 74.6 Å². The van der Waals surface area contributed by atoms with Crippen LogP contribution in [-0.4, -0.2) is 70.0 Å². The number of hydrogen-bond donors (Lipinski definition) is 0. The number of likely N-dealkylation sites (N-methyl/N-ethyl adjacent to an activating group) is 1. The van der Waals surface area contributed by atoms with Crippen LogP contribution in [-0.2, 0) is 32.7 Å². The topological polar surface area (TPSA) is 111 Å². The van der Waals surface area contributed by atoms with Gasteiger partial charge in [-0.05, 0) is 77.0 Å². The zero-order valence-electron chi connectivity index (χ0n) is 36.3. The molecule has 324 valence electrons. The molecule has 0 aliphatic heterocycles. The Morgan fingerprint density at radius 3 is 1.52 bits per heavy atom. The van der Waals surface area contributed by atoms with Crippen LogP contribution in [0.5, 0.6) is 0 Å². The van der Waals surface area contributed by atoms with Crippen LogP contribution in [0, 0.1) is 0 Å². The van der Waals surface area contributed by atoms with E-state index in [4.69, 9.17) is 18.5 Å². The average Bonchev–Trinajstić information content (AvgIpc) is 3.15. The molecular formula is C46H82NO8P. The number of phosphoric acid groups is 1. The number of allylic oxidation sites excluding steroid dienone is 10. The molecule has 0 bridgehead atoms. The van der Waals surface area contributed by atoms with Crippen molar-refractivity contribution in [3.05, 3.63) is 60.8 Å². The van der Waals surface area contributed by atoms with Gasteiger partial charge in [-0.15, -0.1) is 0 Å². The molecule has 1 unspecified atom stereocenters. The van der Waals surface area contributed by atoms with Gasteiger partial charge in [0.25, 0.3) is 7.82 Å². The largest absolute Gasteiger partial charge is 0.756 e. The Hall–Kier alpha value is -2.29. The lowest BCUT2D eigenvalue weighted by Crippen LogP contribution is -2.37. The van der Waals surface area contributed by atoms with E-state index in [1.165, 1.54) is 77.0 Å². The first-order valence-electron chi connectivity index (χ1n) is 22.0. The molecule has 0 amide bonds. The molecule has 0 spiro atoms. The molecule has 0 aromatic carbocycles. The zero-order chi connectivity index (χ0) is 41.4. The molecule has 0 radical (unpaired) electrons. The molecule has 0 aliphatic rings. The molecule has 0 aromatic rings. The Morgan fingerprint density at radius 1 is 0.554 bits per heavy atom. The van der Waals surface area contributed by atoms with Gasteiger partial charge in [0, 0.05) is 12.8 Å². The van der Waals surface area contributed by atoms with Crippen molar-refractivity contribution in [3.8, 4) is 0 Å². The number of hydrogen-bond acceptors (Lipinski definition) is 8. The molecule has 2 atom stereocenters. The molecular weight excluding hydrogens is 725 g/mol. The number of phosphoric ester groups is 1. The number of carbonyl (C=O) groups excluding carboxylic acids is 2. The van der Waals surface area contributed by atoms with Gasteiger partial charge in [-0.2, -0.15) is 0 Å². The SMILES string of the molecule is CCCCC/C=C/C/C=C/C/C=C/CCCCC(=O)O[C@H](COC(=O)CCC/C=C/C/C=C/CCCCCCCCCCC)COP(=O)([O-])OCC[N+](C)(C)C. The van der Waals surface area contributed by atoms with Crippen LogP contribution in [0.3, 0.4) is 0 Å². The lowest BCUT2D eigenvalue weighted by atomic mass is 10.1. The van der Waals surface area contributed by atoms with Crippen molar-refractivity contribution >= 4 is 19.8 Å². The molecule has 0 aromatic heterocycles. The van der Waals surface area contributed by atoms with E-state index < -0.39 is 32.5 Å². The summed E-state index contributed by atoms with van der Waals surface area (Å²) >= 11 is 0. The summed E-state index contributed by atoms with van der Waals surface area (Å²) in [5, 5.41) is 0. The number of ether oxygens (including phenoxy) is 2. The third kappa shape index (κ3) is 41.3. The standard InChI is InChI=1S/C46H82NO8P/c1-6-8-10-12-14-16-18-20-22-23-25-26-28-30-32-34-36-38-45(48)52-42-44(43-54-56(50,51)53-41-40-47(3,4)5)55-46(49)39-37-35-33-31-29-27-24-21-19-17-15-13-11-9-7-2/h15,17,21,24-26,29-32,44H,6-14,16,18-20,22-23,27-28,33-43H2,1-5H3/b17-15+,24-21+,26-25+,31-29+,32-30+/t44-/m1/s1. The Balaban J connectivity index is 4.50. The average molecular weight is 808 g/mol. The maximum absolute atomic E-state index is 12.6. The highest BCUT2D eigenvalue weighted by Crippen LogP contribution is 2.38. The summed E-state index contributed by atoms with van der Waals surface area (Å²) in [5.74, 6) is -0.936. The molecule has 9 nitrogen and oxygen atoms in total. The molecule has 0 rings (SSSR count). The van der Waals surface area contributed by atoms with Crippen molar-refractivity contribution in [1.82, 2.24) is 0 Å². The van der Waals surface area contributed by atoms with Gasteiger partial charge >= 0.3 is 11.9 Å². The van der Waals surface area contributed by atoms with Gasteiger partial charge in [0.05, 0.1) is 27.7 Å². The van der Waals surface area contributed by atoms with Gasteiger partial charge in [0.1, 0.15) is 19.8 Å². The normalized spacial score (nSPS) is 14.2. The van der Waals surface area contributed by atoms with Crippen LogP contribution in [0.15, 0.2) is 60.8 Å². The Bertz CT molecular complexity index is 1140. The van der Waals surface area contributed by atoms with Gasteiger partial charge in [-0.1, -0.05) is 139 Å². The number of quaternary nitrogens is 1. The van der Waals surface area contributed by atoms with E-state index in [0.29, 0.717) is 23.9 Å². The van der Waals surface area contributed by atoms with Crippen molar-refractivity contribution in [3.63, 3.8) is 0 Å². The summed E-state index contributed by atoms with van der Waals surface area (Å²) in [6, 6.07) is 0. The monoisotopic (exact) mass is 808 g/mol. The maximum atomic E-state index is 12.6. The predicted molar refractivity (Wildman–Crippen MR) is 231 cm³/mol. The van der Waals surface area contributed by atoms with E-state index in [-0.39, 0.29) is 26.1 Å². The van der Waals surface area contributed by atoms with Crippen LogP contribution < -0.4 is 4.89 Å². The molecule has 0 N–H and O–H groups in total. The Kier molecular flexibility index (Phi) is 36.7. The smallest absolute Gasteiger partial charge is 0.306 e. The molecule has 0 saturated heterocycles. The Labute approximate surface area is 343 Å². The highest BCUT2D eigenvalue weighted by molar-refractivity contribution is 7.45. The van der Waals surface area contributed by atoms with Gasteiger partial charge in [0.15, 0.2) is 6.10 Å². The van der Waals surface area contributed by atoms with Crippen molar-refractivity contribution in [1.29, 1.82) is 0 Å². The zero-order valence-corrected chi connectivity index (χ0v) is 37.2. The minimum Gasteiger partial charge on any atom is -0.756 e.